The van der Waals surface area contributed by atoms with Gasteiger partial charge in [0.25, 0.3) is 0 Å². The van der Waals surface area contributed by atoms with E-state index >= 15 is 0 Å². The van der Waals surface area contributed by atoms with Crippen molar-refractivity contribution >= 4 is 11.9 Å². The maximum atomic E-state index is 12.9. The van der Waals surface area contributed by atoms with Gasteiger partial charge in [0.05, 0.1) is 18.4 Å². The van der Waals surface area contributed by atoms with E-state index in [1.807, 2.05) is 38.2 Å². The first-order valence-electron chi connectivity index (χ1n) is 8.88. The molecule has 0 bridgehead atoms. The minimum Gasteiger partial charge on any atom is -0.472 e. The molecule has 0 N–H and O–H groups in total. The van der Waals surface area contributed by atoms with Crippen LogP contribution in [0.5, 0.6) is 0 Å². The zero-order valence-corrected chi connectivity index (χ0v) is 14.6. The van der Waals surface area contributed by atoms with Crippen LogP contribution in [0.3, 0.4) is 0 Å². The van der Waals surface area contributed by atoms with Gasteiger partial charge in [0.15, 0.2) is 5.60 Å². The van der Waals surface area contributed by atoms with Crippen molar-refractivity contribution in [2.45, 2.75) is 50.1 Å². The minimum absolute atomic E-state index is 0.252. The van der Waals surface area contributed by atoms with Crippen LogP contribution < -0.4 is 0 Å². The molecule has 1 aromatic heterocycles. The molecule has 1 aromatic rings. The van der Waals surface area contributed by atoms with Gasteiger partial charge in [-0.3, -0.25) is 4.79 Å². The normalized spacial score (nSPS) is 45.7. The summed E-state index contributed by atoms with van der Waals surface area (Å²) in [4.78, 5) is 25.1. The van der Waals surface area contributed by atoms with Crippen LogP contribution >= 0.6 is 0 Å². The van der Waals surface area contributed by atoms with Crippen LogP contribution in [0.4, 0.5) is 0 Å². The number of hydrogen-bond acceptors (Lipinski definition) is 6. The van der Waals surface area contributed by atoms with E-state index in [2.05, 4.69) is 0 Å². The highest BCUT2D eigenvalue weighted by Crippen LogP contribution is 2.62. The fourth-order valence-corrected chi connectivity index (χ4v) is 4.68. The highest BCUT2D eigenvalue weighted by molar-refractivity contribution is 5.87. The van der Waals surface area contributed by atoms with Crippen LogP contribution in [0.2, 0.25) is 0 Å². The number of hydrogen-bond donors (Lipinski definition) is 0. The fourth-order valence-electron chi connectivity index (χ4n) is 4.68. The smallest absolute Gasteiger partial charge is 0.342 e. The van der Waals surface area contributed by atoms with E-state index in [9.17, 15) is 9.59 Å². The predicted molar refractivity (Wildman–Crippen MR) is 88.8 cm³/mol. The molecule has 3 aliphatic heterocycles. The molecule has 6 atom stereocenters. The molecule has 0 amide bonds. The van der Waals surface area contributed by atoms with Gasteiger partial charge in [-0.15, -0.1) is 0 Å². The minimum atomic E-state index is -1.05. The summed E-state index contributed by atoms with van der Waals surface area (Å²) < 4.78 is 22.4. The highest BCUT2D eigenvalue weighted by atomic mass is 16.7. The molecule has 136 valence electrons. The maximum Gasteiger partial charge on any atom is 0.342 e. The van der Waals surface area contributed by atoms with Crippen LogP contribution in [0.25, 0.3) is 0 Å². The Hall–Kier alpha value is -2.34. The number of rotatable bonds is 3. The first-order valence-corrected chi connectivity index (χ1v) is 8.88. The summed E-state index contributed by atoms with van der Waals surface area (Å²) in [6, 6.07) is 1.79. The Bertz CT molecular complexity index is 838. The lowest BCUT2D eigenvalue weighted by atomic mass is 9.69. The average molecular weight is 356 g/mol. The number of epoxide rings is 1. The lowest BCUT2D eigenvalue weighted by Crippen LogP contribution is -2.46. The molecule has 0 saturated carbocycles. The van der Waals surface area contributed by atoms with E-state index in [4.69, 9.17) is 18.6 Å². The molecule has 3 saturated heterocycles. The molecular formula is C20H20O6. The van der Waals surface area contributed by atoms with Gasteiger partial charge in [-0.05, 0) is 13.0 Å². The average Bonchev–Trinajstić information content (AvgIpc) is 2.92. The van der Waals surface area contributed by atoms with Crippen molar-refractivity contribution in [3.63, 3.8) is 0 Å². The van der Waals surface area contributed by atoms with Crippen LogP contribution in [-0.4, -0.2) is 29.2 Å². The number of esters is 2. The van der Waals surface area contributed by atoms with Crippen molar-refractivity contribution in [1.29, 1.82) is 0 Å². The summed E-state index contributed by atoms with van der Waals surface area (Å²) >= 11 is 0. The third kappa shape index (κ3) is 1.91. The van der Waals surface area contributed by atoms with Gasteiger partial charge < -0.3 is 18.6 Å². The standard InChI is InChI=1S/C20H20O6/c1-18-7-4-3-5-13(18)16(21)25-15(18)10-20-17(22)24-14(9-19(20,2)26-20)12-6-8-23-11-12/h3-8,11,13-15H,9-10H2,1-2H3/t13-,14-,15-,18-,19-,20+/m0/s1. The topological polar surface area (TPSA) is 78.3 Å². The van der Waals surface area contributed by atoms with Gasteiger partial charge in [0.1, 0.15) is 17.8 Å². The summed E-state index contributed by atoms with van der Waals surface area (Å²) in [6.45, 7) is 3.92. The number of furan rings is 1. The fraction of sp³-hybridized carbons (Fsp3) is 0.500. The number of cyclic esters (lactones) is 2. The number of allylic oxidation sites excluding steroid dienone is 2. The number of ether oxygens (including phenoxy) is 3. The summed E-state index contributed by atoms with van der Waals surface area (Å²) in [7, 11) is 0. The molecule has 1 aliphatic carbocycles. The molecule has 3 fully saturated rings. The van der Waals surface area contributed by atoms with Crippen molar-refractivity contribution in [2.75, 3.05) is 0 Å². The largest absolute Gasteiger partial charge is 0.472 e. The Morgan fingerprint density at radius 3 is 2.77 bits per heavy atom. The molecule has 0 radical (unpaired) electrons. The van der Waals surface area contributed by atoms with Crippen molar-refractivity contribution in [1.82, 2.24) is 0 Å². The highest BCUT2D eigenvalue weighted by Gasteiger charge is 2.77. The van der Waals surface area contributed by atoms with Crippen LogP contribution in [-0.2, 0) is 23.8 Å². The molecule has 6 nitrogen and oxygen atoms in total. The van der Waals surface area contributed by atoms with Crippen molar-refractivity contribution in [3.8, 4) is 0 Å². The summed E-state index contributed by atoms with van der Waals surface area (Å²) in [5.41, 5.74) is -1.33. The van der Waals surface area contributed by atoms with Gasteiger partial charge in [-0.1, -0.05) is 31.2 Å². The van der Waals surface area contributed by atoms with Crippen molar-refractivity contribution in [2.24, 2.45) is 11.3 Å². The second-order valence-electron chi connectivity index (χ2n) is 8.03. The first kappa shape index (κ1) is 15.9. The maximum absolute atomic E-state index is 12.9. The van der Waals surface area contributed by atoms with E-state index in [1.54, 1.807) is 18.6 Å². The lowest BCUT2D eigenvalue weighted by molar-refractivity contribution is -0.162. The Balaban J connectivity index is 1.40. The Morgan fingerprint density at radius 1 is 1.19 bits per heavy atom. The van der Waals surface area contributed by atoms with Gasteiger partial charge >= 0.3 is 11.9 Å². The third-order valence-electron chi connectivity index (χ3n) is 6.50. The molecule has 4 aliphatic rings. The number of fused-ring (bicyclic) bond motifs is 2. The van der Waals surface area contributed by atoms with Crippen molar-refractivity contribution < 1.29 is 28.2 Å². The van der Waals surface area contributed by atoms with E-state index in [-0.39, 0.29) is 18.0 Å². The quantitative estimate of drug-likeness (QED) is 0.612. The molecular weight excluding hydrogens is 336 g/mol. The number of carbonyl (C=O) groups excluding carboxylic acids is 2. The Kier molecular flexibility index (Phi) is 2.98. The molecule has 0 spiro atoms. The van der Waals surface area contributed by atoms with E-state index in [0.717, 1.165) is 5.56 Å². The van der Waals surface area contributed by atoms with Crippen LogP contribution in [0, 0.1) is 11.3 Å². The van der Waals surface area contributed by atoms with Crippen LogP contribution in [0.1, 0.15) is 38.4 Å². The zero-order chi connectivity index (χ0) is 18.2. The Labute approximate surface area is 150 Å². The lowest BCUT2D eigenvalue weighted by Gasteiger charge is -2.34. The first-order chi connectivity index (χ1) is 12.4. The van der Waals surface area contributed by atoms with E-state index in [1.165, 1.54) is 0 Å². The molecule has 0 unspecified atom stereocenters. The predicted octanol–water partition coefficient (Wildman–Crippen LogP) is 2.86. The van der Waals surface area contributed by atoms with E-state index in [0.29, 0.717) is 12.8 Å². The second kappa shape index (κ2) is 4.88. The molecule has 26 heavy (non-hydrogen) atoms. The SMILES string of the molecule is C[C@]12C=CC=C[C@H]1C(=O)O[C@H]2C[C@]12O[C@@]1(C)C[C@@H](c1ccoc1)OC2=O. The number of carbonyl (C=O) groups is 2. The summed E-state index contributed by atoms with van der Waals surface area (Å²) in [5.74, 6) is -0.967. The molecule has 6 heteroatoms. The summed E-state index contributed by atoms with van der Waals surface area (Å²) in [6.07, 6.45) is 10.8. The van der Waals surface area contributed by atoms with Crippen molar-refractivity contribution in [3.05, 3.63) is 48.5 Å². The van der Waals surface area contributed by atoms with E-state index < -0.39 is 28.7 Å². The third-order valence-corrected chi connectivity index (χ3v) is 6.50. The Morgan fingerprint density at radius 2 is 2.04 bits per heavy atom. The molecule has 0 aromatic carbocycles. The second-order valence-corrected chi connectivity index (χ2v) is 8.03. The van der Waals surface area contributed by atoms with Crippen LogP contribution in [0.15, 0.2) is 47.3 Å². The monoisotopic (exact) mass is 356 g/mol. The van der Waals surface area contributed by atoms with Gasteiger partial charge in [0.2, 0.25) is 0 Å². The van der Waals surface area contributed by atoms with Gasteiger partial charge in [-0.25, -0.2) is 4.79 Å². The van der Waals surface area contributed by atoms with Gasteiger partial charge in [0, 0.05) is 23.8 Å². The van der Waals surface area contributed by atoms with Gasteiger partial charge in [-0.2, -0.15) is 0 Å². The summed E-state index contributed by atoms with van der Waals surface area (Å²) in [5, 5.41) is 0. The molecule has 5 rings (SSSR count). The zero-order valence-electron chi connectivity index (χ0n) is 14.6. The molecule has 4 heterocycles.